The Kier molecular flexibility index (Phi) is 4.65. The molecule has 3 nitrogen and oxygen atoms in total. The molecule has 2 aromatic rings. The Morgan fingerprint density at radius 2 is 1.86 bits per heavy atom. The van der Waals surface area contributed by atoms with E-state index in [0.717, 1.165) is 6.07 Å². The molecule has 0 aliphatic heterocycles. The number of ether oxygens (including phenoxy) is 1. The number of carbonyl (C=O) groups excluding carboxylic acids is 2. The highest BCUT2D eigenvalue weighted by atomic mass is 35.5. The van der Waals surface area contributed by atoms with Crippen LogP contribution in [0, 0.1) is 11.6 Å². The predicted octanol–water partition coefficient (Wildman–Crippen LogP) is 3.49. The summed E-state index contributed by atoms with van der Waals surface area (Å²) < 4.78 is 31.1. The van der Waals surface area contributed by atoms with Crippen LogP contribution in [-0.2, 0) is 11.2 Å². The summed E-state index contributed by atoms with van der Waals surface area (Å²) in [6.45, 7) is 0. The molecule has 0 unspecified atom stereocenters. The molecule has 21 heavy (non-hydrogen) atoms. The number of hydrogen-bond donors (Lipinski definition) is 0. The molecule has 0 amide bonds. The van der Waals surface area contributed by atoms with E-state index in [9.17, 15) is 18.4 Å². The minimum Gasteiger partial charge on any atom is -0.426 e. The van der Waals surface area contributed by atoms with E-state index in [1.54, 1.807) is 0 Å². The van der Waals surface area contributed by atoms with Crippen LogP contribution in [0.2, 0.25) is 0 Å². The molecule has 6 heteroatoms. The summed E-state index contributed by atoms with van der Waals surface area (Å²) in [5.74, 6) is -2.16. The Morgan fingerprint density at radius 1 is 1.10 bits per heavy atom. The van der Waals surface area contributed by atoms with Gasteiger partial charge in [-0.15, -0.1) is 0 Å². The van der Waals surface area contributed by atoms with Gasteiger partial charge in [0.05, 0.1) is 6.42 Å². The molecule has 0 aliphatic rings. The summed E-state index contributed by atoms with van der Waals surface area (Å²) in [4.78, 5) is 22.7. The smallest absolute Gasteiger partial charge is 0.315 e. The zero-order valence-electron chi connectivity index (χ0n) is 10.6. The molecule has 0 atom stereocenters. The molecular formula is C15H9ClF2O3. The maximum absolute atomic E-state index is 13.4. The van der Waals surface area contributed by atoms with Crippen LogP contribution in [0.15, 0.2) is 42.5 Å². The summed E-state index contributed by atoms with van der Waals surface area (Å²) in [6, 6.07) is 8.64. The first kappa shape index (κ1) is 15.1. The van der Waals surface area contributed by atoms with E-state index in [-0.39, 0.29) is 23.3 Å². The predicted molar refractivity (Wildman–Crippen MR) is 72.3 cm³/mol. The highest BCUT2D eigenvalue weighted by molar-refractivity contribution is 6.67. The third-order valence-electron chi connectivity index (χ3n) is 2.64. The number of carbonyl (C=O) groups is 2. The molecule has 0 saturated carbocycles. The van der Waals surface area contributed by atoms with Gasteiger partial charge in [-0.3, -0.25) is 9.59 Å². The number of esters is 1. The summed E-state index contributed by atoms with van der Waals surface area (Å²) in [5.41, 5.74) is 0.195. The average molecular weight is 311 g/mol. The van der Waals surface area contributed by atoms with Crippen LogP contribution in [0.3, 0.4) is 0 Å². The molecule has 0 N–H and O–H groups in total. The fraction of sp³-hybridized carbons (Fsp3) is 0.0667. The summed E-state index contributed by atoms with van der Waals surface area (Å²) in [5, 5.41) is -0.683. The second kappa shape index (κ2) is 6.45. The summed E-state index contributed by atoms with van der Waals surface area (Å²) >= 11 is 5.31. The van der Waals surface area contributed by atoms with Crippen LogP contribution in [0.1, 0.15) is 15.9 Å². The Balaban J connectivity index is 2.08. The SMILES string of the molecule is O=C(Cc1ccc(F)cc1F)Oc1cccc(C(=O)Cl)c1. The lowest BCUT2D eigenvalue weighted by Gasteiger charge is -2.06. The number of rotatable bonds is 4. The van der Waals surface area contributed by atoms with Crippen molar-refractivity contribution in [3.05, 3.63) is 65.2 Å². The fourth-order valence-electron chi connectivity index (χ4n) is 1.67. The Labute approximate surface area is 124 Å². The van der Waals surface area contributed by atoms with Gasteiger partial charge in [0.25, 0.3) is 5.24 Å². The first-order valence-electron chi connectivity index (χ1n) is 5.90. The molecule has 0 spiro atoms. The zero-order valence-corrected chi connectivity index (χ0v) is 11.4. The minimum absolute atomic E-state index is 0.0194. The normalized spacial score (nSPS) is 10.2. The molecule has 0 saturated heterocycles. The van der Waals surface area contributed by atoms with Gasteiger partial charge in [-0.25, -0.2) is 8.78 Å². The van der Waals surface area contributed by atoms with Crippen molar-refractivity contribution < 1.29 is 23.1 Å². The van der Waals surface area contributed by atoms with E-state index in [1.165, 1.54) is 30.3 Å². The van der Waals surface area contributed by atoms with E-state index in [1.807, 2.05) is 0 Å². The quantitative estimate of drug-likeness (QED) is 0.493. The zero-order chi connectivity index (χ0) is 15.4. The van der Waals surface area contributed by atoms with Crippen LogP contribution in [0.25, 0.3) is 0 Å². The highest BCUT2D eigenvalue weighted by Crippen LogP contribution is 2.17. The van der Waals surface area contributed by atoms with Gasteiger partial charge in [-0.1, -0.05) is 12.1 Å². The maximum Gasteiger partial charge on any atom is 0.315 e. The molecule has 2 aromatic carbocycles. The maximum atomic E-state index is 13.4. The first-order valence-corrected chi connectivity index (χ1v) is 6.28. The van der Waals surface area contributed by atoms with Gasteiger partial charge >= 0.3 is 5.97 Å². The van der Waals surface area contributed by atoms with Gasteiger partial charge in [0.2, 0.25) is 0 Å². The van der Waals surface area contributed by atoms with E-state index in [2.05, 4.69) is 0 Å². The van der Waals surface area contributed by atoms with Crippen molar-refractivity contribution in [2.75, 3.05) is 0 Å². The molecule has 108 valence electrons. The van der Waals surface area contributed by atoms with E-state index >= 15 is 0 Å². The van der Waals surface area contributed by atoms with Gasteiger partial charge in [0.15, 0.2) is 0 Å². The lowest BCUT2D eigenvalue weighted by molar-refractivity contribution is -0.133. The monoisotopic (exact) mass is 310 g/mol. The summed E-state index contributed by atoms with van der Waals surface area (Å²) in [7, 11) is 0. The molecular weight excluding hydrogens is 302 g/mol. The topological polar surface area (TPSA) is 43.4 Å². The Bertz CT molecular complexity index is 701. The van der Waals surface area contributed by atoms with Gasteiger partial charge < -0.3 is 4.74 Å². The number of hydrogen-bond acceptors (Lipinski definition) is 3. The average Bonchev–Trinajstić information content (AvgIpc) is 2.42. The fourth-order valence-corrected chi connectivity index (χ4v) is 1.79. The number of halogens is 3. The summed E-state index contributed by atoms with van der Waals surface area (Å²) in [6.07, 6.45) is -0.356. The van der Waals surface area contributed by atoms with Crippen molar-refractivity contribution in [1.29, 1.82) is 0 Å². The van der Waals surface area contributed by atoms with Gasteiger partial charge in [0.1, 0.15) is 17.4 Å². The van der Waals surface area contributed by atoms with Crippen molar-refractivity contribution in [2.24, 2.45) is 0 Å². The lowest BCUT2D eigenvalue weighted by Crippen LogP contribution is -2.12. The van der Waals surface area contributed by atoms with Crippen molar-refractivity contribution in [3.63, 3.8) is 0 Å². The second-order valence-corrected chi connectivity index (χ2v) is 4.53. The molecule has 0 bridgehead atoms. The van der Waals surface area contributed by atoms with Crippen molar-refractivity contribution in [3.8, 4) is 5.75 Å². The van der Waals surface area contributed by atoms with Crippen LogP contribution >= 0.6 is 11.6 Å². The minimum atomic E-state index is -0.823. The Morgan fingerprint density at radius 3 is 2.52 bits per heavy atom. The van der Waals surface area contributed by atoms with Crippen molar-refractivity contribution in [2.45, 2.75) is 6.42 Å². The Hall–Kier alpha value is -2.27. The van der Waals surface area contributed by atoms with E-state index in [4.69, 9.17) is 16.3 Å². The largest absolute Gasteiger partial charge is 0.426 e. The molecule has 0 fully saturated rings. The van der Waals surface area contributed by atoms with Crippen molar-refractivity contribution >= 4 is 22.8 Å². The third kappa shape index (κ3) is 4.10. The molecule has 0 heterocycles. The van der Waals surface area contributed by atoms with E-state index in [0.29, 0.717) is 6.07 Å². The van der Waals surface area contributed by atoms with Gasteiger partial charge in [0, 0.05) is 11.6 Å². The molecule has 2 rings (SSSR count). The van der Waals surface area contributed by atoms with Crippen LogP contribution in [0.5, 0.6) is 5.75 Å². The second-order valence-electron chi connectivity index (χ2n) is 4.19. The van der Waals surface area contributed by atoms with Crippen LogP contribution in [0.4, 0.5) is 8.78 Å². The van der Waals surface area contributed by atoms with Crippen LogP contribution < -0.4 is 4.74 Å². The molecule has 0 aromatic heterocycles. The van der Waals surface area contributed by atoms with Gasteiger partial charge in [-0.2, -0.15) is 0 Å². The first-order chi connectivity index (χ1) is 9.95. The van der Waals surface area contributed by atoms with Crippen molar-refractivity contribution in [1.82, 2.24) is 0 Å². The highest BCUT2D eigenvalue weighted by Gasteiger charge is 2.12. The van der Waals surface area contributed by atoms with Crippen LogP contribution in [-0.4, -0.2) is 11.2 Å². The van der Waals surface area contributed by atoms with E-state index < -0.39 is 22.8 Å². The third-order valence-corrected chi connectivity index (χ3v) is 2.86. The van der Waals surface area contributed by atoms with Gasteiger partial charge in [-0.05, 0) is 41.4 Å². The number of benzene rings is 2. The lowest BCUT2D eigenvalue weighted by atomic mass is 10.1. The molecule has 0 radical (unpaired) electrons. The standard InChI is InChI=1S/C15H9ClF2O3/c16-15(20)10-2-1-3-12(6-10)21-14(19)7-9-4-5-11(17)8-13(9)18/h1-6,8H,7H2. The molecule has 0 aliphatic carbocycles.